The van der Waals surface area contributed by atoms with Crippen molar-refractivity contribution in [2.45, 2.75) is 12.8 Å². The van der Waals surface area contributed by atoms with Gasteiger partial charge in [-0.1, -0.05) is 97.1 Å². The van der Waals surface area contributed by atoms with E-state index in [1.165, 1.54) is 26.9 Å². The third-order valence-electron chi connectivity index (χ3n) is 8.36. The highest BCUT2D eigenvalue weighted by atomic mass is 15.0. The van der Waals surface area contributed by atoms with Crippen molar-refractivity contribution in [2.75, 3.05) is 0 Å². The molecule has 4 nitrogen and oxygen atoms in total. The van der Waals surface area contributed by atoms with Crippen molar-refractivity contribution in [3.8, 4) is 5.69 Å². The van der Waals surface area contributed by atoms with Crippen LogP contribution in [-0.4, -0.2) is 9.55 Å². The molecule has 0 unspecified atom stereocenters. The lowest BCUT2D eigenvalue weighted by molar-refractivity contribution is 1.05. The van der Waals surface area contributed by atoms with Gasteiger partial charge < -0.3 is 16.0 Å². The Balaban J connectivity index is 1.31. The summed E-state index contributed by atoms with van der Waals surface area (Å²) in [6.45, 7) is 0. The lowest BCUT2D eigenvalue weighted by Gasteiger charge is -2.12. The number of allylic oxidation sites excluding steroid dienone is 6. The van der Waals surface area contributed by atoms with E-state index in [2.05, 4.69) is 137 Å². The molecular formula is C41H34N4. The fraction of sp³-hybridized carbons (Fsp3) is 0.0488. The molecule has 0 aliphatic carbocycles. The van der Waals surface area contributed by atoms with E-state index in [1.807, 2.05) is 24.5 Å². The number of fused-ring (bicyclic) bond motifs is 6. The summed E-state index contributed by atoms with van der Waals surface area (Å²) in [5.74, 6) is 0. The van der Waals surface area contributed by atoms with E-state index in [9.17, 15) is 0 Å². The molecule has 45 heavy (non-hydrogen) atoms. The summed E-state index contributed by atoms with van der Waals surface area (Å²) in [5, 5.41) is 7.22. The molecule has 0 spiro atoms. The fourth-order valence-corrected chi connectivity index (χ4v) is 6.20. The molecule has 2 heterocycles. The van der Waals surface area contributed by atoms with E-state index >= 15 is 0 Å². The summed E-state index contributed by atoms with van der Waals surface area (Å²) >= 11 is 0. The lowest BCUT2D eigenvalue weighted by Crippen LogP contribution is -1.99. The van der Waals surface area contributed by atoms with Crippen LogP contribution >= 0.6 is 0 Å². The second kappa shape index (κ2) is 12.4. The Hall–Kier alpha value is -5.87. The topological polar surface area (TPSA) is 69.9 Å². The molecule has 0 aliphatic heterocycles. The molecule has 5 aromatic carbocycles. The predicted molar refractivity (Wildman–Crippen MR) is 192 cm³/mol. The van der Waals surface area contributed by atoms with Gasteiger partial charge >= 0.3 is 0 Å². The first-order valence-corrected chi connectivity index (χ1v) is 15.3. The maximum Gasteiger partial charge on any atom is 0.0571 e. The minimum absolute atomic E-state index is 0.728. The number of hydrogen-bond donors (Lipinski definition) is 2. The first-order valence-electron chi connectivity index (χ1n) is 15.3. The predicted octanol–water partition coefficient (Wildman–Crippen LogP) is 9.68. The van der Waals surface area contributed by atoms with Gasteiger partial charge in [-0.3, -0.25) is 4.98 Å². The van der Waals surface area contributed by atoms with Crippen molar-refractivity contribution in [1.82, 2.24) is 9.55 Å². The smallest absolute Gasteiger partial charge is 0.0571 e. The van der Waals surface area contributed by atoms with E-state index in [4.69, 9.17) is 11.5 Å². The van der Waals surface area contributed by atoms with Gasteiger partial charge in [0.15, 0.2) is 0 Å². The fourth-order valence-electron chi connectivity index (χ4n) is 6.20. The summed E-state index contributed by atoms with van der Waals surface area (Å²) in [7, 11) is 0. The van der Waals surface area contributed by atoms with E-state index in [0.29, 0.717) is 0 Å². The molecule has 0 aliphatic rings. The van der Waals surface area contributed by atoms with Crippen molar-refractivity contribution >= 4 is 54.6 Å². The Morgan fingerprint density at radius 1 is 0.667 bits per heavy atom. The molecule has 4 N–H and O–H groups in total. The number of para-hydroxylation sites is 1. The van der Waals surface area contributed by atoms with Gasteiger partial charge in [-0.25, -0.2) is 0 Å². The Labute approximate surface area is 262 Å². The highest BCUT2D eigenvalue weighted by Gasteiger charge is 2.13. The average Bonchev–Trinajstić information content (AvgIpc) is 3.43. The lowest BCUT2D eigenvalue weighted by atomic mass is 9.97. The van der Waals surface area contributed by atoms with Gasteiger partial charge in [-0.15, -0.1) is 0 Å². The van der Waals surface area contributed by atoms with Crippen LogP contribution in [0.25, 0.3) is 60.3 Å². The Kier molecular flexibility index (Phi) is 7.69. The SMILES string of the molecule is N/C=C\C=C/CC/C=C(\C=C(/N)c1ccc2c(ccc3ccccc32)c1)c1cccc(-n2c3ccccc3c3cnccc32)c1. The summed E-state index contributed by atoms with van der Waals surface area (Å²) < 4.78 is 2.32. The second-order valence-electron chi connectivity index (χ2n) is 11.2. The molecule has 0 atom stereocenters. The van der Waals surface area contributed by atoms with Crippen LogP contribution in [0.15, 0.2) is 158 Å². The minimum atomic E-state index is 0.728. The highest BCUT2D eigenvalue weighted by Crippen LogP contribution is 2.33. The van der Waals surface area contributed by atoms with E-state index < -0.39 is 0 Å². The number of pyridine rings is 1. The molecule has 0 bridgehead atoms. The van der Waals surface area contributed by atoms with Crippen LogP contribution in [0.1, 0.15) is 24.0 Å². The molecule has 0 amide bonds. The Morgan fingerprint density at radius 2 is 1.47 bits per heavy atom. The van der Waals surface area contributed by atoms with E-state index in [1.54, 1.807) is 6.20 Å². The third-order valence-corrected chi connectivity index (χ3v) is 8.36. The summed E-state index contributed by atoms with van der Waals surface area (Å²) in [4.78, 5) is 4.41. The van der Waals surface area contributed by atoms with Gasteiger partial charge in [-0.2, -0.15) is 0 Å². The van der Waals surface area contributed by atoms with Crippen LogP contribution in [0.5, 0.6) is 0 Å². The number of unbranched alkanes of at least 4 members (excludes halogenated alkanes) is 1. The van der Waals surface area contributed by atoms with Crippen LogP contribution in [-0.2, 0) is 0 Å². The van der Waals surface area contributed by atoms with Crippen molar-refractivity contribution in [3.05, 3.63) is 169 Å². The largest absolute Gasteiger partial charge is 0.405 e. The number of hydrogen-bond acceptors (Lipinski definition) is 3. The van der Waals surface area contributed by atoms with Gasteiger partial charge in [0.2, 0.25) is 0 Å². The maximum absolute atomic E-state index is 6.86. The quantitative estimate of drug-likeness (QED) is 0.106. The van der Waals surface area contributed by atoms with Crippen molar-refractivity contribution in [3.63, 3.8) is 0 Å². The van der Waals surface area contributed by atoms with Crippen molar-refractivity contribution in [2.24, 2.45) is 11.5 Å². The first-order chi connectivity index (χ1) is 22.2. The normalized spacial score (nSPS) is 12.9. The van der Waals surface area contributed by atoms with Crippen LogP contribution < -0.4 is 11.5 Å². The molecular weight excluding hydrogens is 548 g/mol. The van der Waals surface area contributed by atoms with Gasteiger partial charge in [0, 0.05) is 34.6 Å². The molecule has 0 saturated heterocycles. The zero-order valence-electron chi connectivity index (χ0n) is 25.0. The zero-order chi connectivity index (χ0) is 30.6. The van der Waals surface area contributed by atoms with E-state index in [0.717, 1.165) is 57.3 Å². The molecule has 0 radical (unpaired) electrons. The number of nitrogens with two attached hydrogens (primary N) is 2. The third kappa shape index (κ3) is 5.50. The summed E-state index contributed by atoms with van der Waals surface area (Å²) in [6, 6.07) is 38.6. The van der Waals surface area contributed by atoms with Crippen LogP contribution in [0.4, 0.5) is 0 Å². The average molecular weight is 583 g/mol. The number of rotatable bonds is 8. The summed E-state index contributed by atoms with van der Waals surface area (Å²) in [5.41, 5.74) is 19.6. The van der Waals surface area contributed by atoms with Crippen LogP contribution in [0, 0.1) is 0 Å². The molecule has 4 heteroatoms. The molecule has 7 rings (SSSR count). The number of aromatic nitrogens is 2. The van der Waals surface area contributed by atoms with Gasteiger partial charge in [-0.05, 0) is 99.8 Å². The Morgan fingerprint density at radius 3 is 2.38 bits per heavy atom. The number of benzene rings is 5. The zero-order valence-corrected chi connectivity index (χ0v) is 25.0. The van der Waals surface area contributed by atoms with Crippen LogP contribution in [0.2, 0.25) is 0 Å². The minimum Gasteiger partial charge on any atom is -0.405 e. The van der Waals surface area contributed by atoms with Crippen LogP contribution in [0.3, 0.4) is 0 Å². The van der Waals surface area contributed by atoms with Gasteiger partial charge in [0.25, 0.3) is 0 Å². The summed E-state index contributed by atoms with van der Waals surface area (Å²) in [6.07, 6.45) is 17.4. The standard InChI is InChI=1S/C41H34N4/c42-23-9-3-1-2-4-12-31(27-39(43)33-20-21-36-32(25-33)19-18-29-11-5-6-15-35(29)36)30-13-10-14-34(26-30)45-40-17-8-7-16-37(40)38-28-44-24-22-41(38)45/h1,3,5-28H,2,4,42-43H2/b3-1-,23-9-,31-12+,39-27-. The first kappa shape index (κ1) is 27.9. The van der Waals surface area contributed by atoms with Gasteiger partial charge in [0.05, 0.1) is 11.0 Å². The van der Waals surface area contributed by atoms with E-state index in [-0.39, 0.29) is 0 Å². The molecule has 7 aromatic rings. The van der Waals surface area contributed by atoms with Crippen molar-refractivity contribution < 1.29 is 0 Å². The molecule has 2 aromatic heterocycles. The molecule has 0 saturated carbocycles. The molecule has 218 valence electrons. The Bertz CT molecular complexity index is 2250. The van der Waals surface area contributed by atoms with Gasteiger partial charge in [0.1, 0.15) is 0 Å². The highest BCUT2D eigenvalue weighted by molar-refractivity contribution is 6.09. The molecule has 0 fully saturated rings. The maximum atomic E-state index is 6.86. The number of nitrogens with zero attached hydrogens (tertiary/aromatic N) is 2. The van der Waals surface area contributed by atoms with Crippen molar-refractivity contribution in [1.29, 1.82) is 0 Å². The monoisotopic (exact) mass is 582 g/mol. The second-order valence-corrected chi connectivity index (χ2v) is 11.2.